The van der Waals surface area contributed by atoms with Crippen LogP contribution in [0.1, 0.15) is 32.6 Å². The lowest BCUT2D eigenvalue weighted by atomic mass is 9.80. The summed E-state index contributed by atoms with van der Waals surface area (Å²) in [6, 6.07) is 0. The van der Waals surface area contributed by atoms with Gasteiger partial charge in [0.05, 0.1) is 0 Å². The van der Waals surface area contributed by atoms with E-state index >= 15 is 0 Å². The summed E-state index contributed by atoms with van der Waals surface area (Å²) in [6.45, 7) is 1.87. The summed E-state index contributed by atoms with van der Waals surface area (Å²) in [5.74, 6) is 3.04. The van der Waals surface area contributed by atoms with Gasteiger partial charge in [-0.2, -0.15) is 0 Å². The first-order valence-electron chi connectivity index (χ1n) is 6.15. The van der Waals surface area contributed by atoms with E-state index in [0.717, 1.165) is 24.2 Å². The van der Waals surface area contributed by atoms with Gasteiger partial charge in [0, 0.05) is 6.42 Å². The molecule has 3 aliphatic rings. The first-order chi connectivity index (χ1) is 7.29. The largest absolute Gasteiger partial charge is 0.462 e. The summed E-state index contributed by atoms with van der Waals surface area (Å²) in [5.41, 5.74) is 0. The highest BCUT2D eigenvalue weighted by molar-refractivity contribution is 5.69. The van der Waals surface area contributed by atoms with Gasteiger partial charge in [-0.25, -0.2) is 0 Å². The fraction of sp³-hybridized carbons (Fsp3) is 0.769. The fourth-order valence-corrected chi connectivity index (χ4v) is 3.88. The lowest BCUT2D eigenvalue weighted by molar-refractivity contribution is -0.152. The molecule has 0 heterocycles. The van der Waals surface area contributed by atoms with E-state index in [1.54, 1.807) is 0 Å². The van der Waals surface area contributed by atoms with Gasteiger partial charge in [0.25, 0.3) is 0 Å². The van der Waals surface area contributed by atoms with Crippen molar-refractivity contribution in [3.63, 3.8) is 0 Å². The van der Waals surface area contributed by atoms with E-state index < -0.39 is 0 Å². The molecular formula is C13H18O2. The molecule has 2 bridgehead atoms. The minimum atomic E-state index is -0.0185. The highest BCUT2D eigenvalue weighted by Gasteiger charge is 2.53. The molecule has 0 saturated heterocycles. The first kappa shape index (κ1) is 9.44. The Kier molecular flexibility index (Phi) is 2.11. The van der Waals surface area contributed by atoms with E-state index in [2.05, 4.69) is 12.2 Å². The summed E-state index contributed by atoms with van der Waals surface area (Å²) in [5, 5.41) is 0. The van der Waals surface area contributed by atoms with Crippen molar-refractivity contribution >= 4 is 5.97 Å². The van der Waals surface area contributed by atoms with Gasteiger partial charge in [0.15, 0.2) is 0 Å². The number of rotatable bonds is 2. The van der Waals surface area contributed by atoms with E-state index in [0.29, 0.717) is 12.3 Å². The molecule has 2 heteroatoms. The Morgan fingerprint density at radius 1 is 1.40 bits per heavy atom. The molecule has 0 aliphatic heterocycles. The van der Waals surface area contributed by atoms with Crippen molar-refractivity contribution in [2.24, 2.45) is 23.7 Å². The number of allylic oxidation sites excluding steroid dienone is 2. The predicted molar refractivity (Wildman–Crippen MR) is 57.1 cm³/mol. The van der Waals surface area contributed by atoms with Crippen LogP contribution >= 0.6 is 0 Å². The average Bonchev–Trinajstić information content (AvgIpc) is 2.87. The van der Waals surface area contributed by atoms with Crippen LogP contribution in [0.25, 0.3) is 0 Å². The quantitative estimate of drug-likeness (QED) is 0.512. The van der Waals surface area contributed by atoms with Crippen LogP contribution in [0.15, 0.2) is 12.2 Å². The van der Waals surface area contributed by atoms with Crippen molar-refractivity contribution in [3.05, 3.63) is 12.2 Å². The Hall–Kier alpha value is -0.790. The van der Waals surface area contributed by atoms with Crippen LogP contribution in [0.4, 0.5) is 0 Å². The minimum absolute atomic E-state index is 0.0185. The number of fused-ring (bicyclic) bond motifs is 5. The Morgan fingerprint density at radius 3 is 3.07 bits per heavy atom. The van der Waals surface area contributed by atoms with Crippen molar-refractivity contribution in [2.45, 2.75) is 38.7 Å². The van der Waals surface area contributed by atoms with Crippen molar-refractivity contribution < 1.29 is 9.53 Å². The molecule has 0 aromatic rings. The topological polar surface area (TPSA) is 26.3 Å². The Morgan fingerprint density at radius 2 is 2.27 bits per heavy atom. The molecule has 0 spiro atoms. The summed E-state index contributed by atoms with van der Waals surface area (Å²) >= 11 is 0. The Labute approximate surface area is 90.7 Å². The van der Waals surface area contributed by atoms with Crippen molar-refractivity contribution in [1.82, 2.24) is 0 Å². The monoisotopic (exact) mass is 206 g/mol. The van der Waals surface area contributed by atoms with E-state index in [9.17, 15) is 4.79 Å². The Balaban J connectivity index is 1.69. The third-order valence-corrected chi connectivity index (χ3v) is 4.51. The molecule has 0 radical (unpaired) electrons. The van der Waals surface area contributed by atoms with E-state index in [1.165, 1.54) is 12.8 Å². The normalized spacial score (nSPS) is 45.8. The number of esters is 1. The van der Waals surface area contributed by atoms with Gasteiger partial charge in [-0.3, -0.25) is 4.79 Å². The highest BCUT2D eigenvalue weighted by atomic mass is 16.5. The maximum Gasteiger partial charge on any atom is 0.305 e. The van der Waals surface area contributed by atoms with Gasteiger partial charge in [0.1, 0.15) is 6.10 Å². The van der Waals surface area contributed by atoms with E-state index in [1.807, 2.05) is 6.92 Å². The summed E-state index contributed by atoms with van der Waals surface area (Å²) in [6.07, 6.45) is 9.09. The third-order valence-electron chi connectivity index (χ3n) is 4.51. The minimum Gasteiger partial charge on any atom is -0.462 e. The highest BCUT2D eigenvalue weighted by Crippen LogP contribution is 2.57. The van der Waals surface area contributed by atoms with E-state index in [-0.39, 0.29) is 12.1 Å². The molecule has 2 fully saturated rings. The second-order valence-electron chi connectivity index (χ2n) is 5.18. The molecule has 0 aromatic carbocycles. The molecule has 5 atom stereocenters. The van der Waals surface area contributed by atoms with Crippen LogP contribution < -0.4 is 0 Å². The zero-order valence-corrected chi connectivity index (χ0v) is 9.19. The van der Waals surface area contributed by atoms with Gasteiger partial charge < -0.3 is 4.74 Å². The van der Waals surface area contributed by atoms with Crippen LogP contribution in [-0.2, 0) is 9.53 Å². The number of ether oxygens (including phenoxy) is 1. The molecule has 0 amide bonds. The van der Waals surface area contributed by atoms with Crippen molar-refractivity contribution in [2.75, 3.05) is 0 Å². The Bertz CT molecular complexity index is 308. The number of hydrogen-bond acceptors (Lipinski definition) is 2. The molecule has 3 rings (SSSR count). The lowest BCUT2D eigenvalue weighted by Crippen LogP contribution is -2.32. The third kappa shape index (κ3) is 1.34. The maximum absolute atomic E-state index is 11.3. The van der Waals surface area contributed by atoms with Gasteiger partial charge in [-0.05, 0) is 42.9 Å². The molecule has 1 unspecified atom stereocenters. The van der Waals surface area contributed by atoms with Gasteiger partial charge in [0.2, 0.25) is 0 Å². The standard InChI is InChI=1S/C13H18O2/c1-2-13(14)15-12-7-8-6-11(12)10-5-3-4-9(8)10/h3-4,8-12H,2,5-7H2,1H3/t8-,9-,10-,11-,12?/m0/s1. The second-order valence-corrected chi connectivity index (χ2v) is 5.18. The van der Waals surface area contributed by atoms with Crippen LogP contribution in [0.3, 0.4) is 0 Å². The summed E-state index contributed by atoms with van der Waals surface area (Å²) in [4.78, 5) is 11.3. The van der Waals surface area contributed by atoms with Gasteiger partial charge >= 0.3 is 5.97 Å². The van der Waals surface area contributed by atoms with Gasteiger partial charge in [-0.1, -0.05) is 19.1 Å². The predicted octanol–water partition coefficient (Wildman–Crippen LogP) is 2.54. The SMILES string of the molecule is CCC(=O)OC1C[C@@H]2C[C@H]1[C@H]1CC=C[C@@H]21. The number of carbonyl (C=O) groups is 1. The van der Waals surface area contributed by atoms with Crippen LogP contribution in [0.2, 0.25) is 0 Å². The fourth-order valence-electron chi connectivity index (χ4n) is 3.88. The van der Waals surface area contributed by atoms with Crippen LogP contribution in [0, 0.1) is 23.7 Å². The number of hydrogen-bond donors (Lipinski definition) is 0. The van der Waals surface area contributed by atoms with Crippen molar-refractivity contribution in [1.29, 1.82) is 0 Å². The molecule has 3 aliphatic carbocycles. The molecule has 2 nitrogen and oxygen atoms in total. The molecule has 15 heavy (non-hydrogen) atoms. The van der Waals surface area contributed by atoms with Crippen LogP contribution in [-0.4, -0.2) is 12.1 Å². The smallest absolute Gasteiger partial charge is 0.305 e. The zero-order valence-electron chi connectivity index (χ0n) is 9.19. The second kappa shape index (κ2) is 3.36. The zero-order chi connectivity index (χ0) is 10.4. The molecular weight excluding hydrogens is 188 g/mol. The summed E-state index contributed by atoms with van der Waals surface area (Å²) < 4.78 is 5.54. The summed E-state index contributed by atoms with van der Waals surface area (Å²) in [7, 11) is 0. The van der Waals surface area contributed by atoms with Gasteiger partial charge in [-0.15, -0.1) is 0 Å². The average molecular weight is 206 g/mol. The number of carbonyl (C=O) groups excluding carboxylic acids is 1. The molecule has 2 saturated carbocycles. The van der Waals surface area contributed by atoms with Crippen LogP contribution in [0.5, 0.6) is 0 Å². The first-order valence-corrected chi connectivity index (χ1v) is 6.15. The van der Waals surface area contributed by atoms with E-state index in [4.69, 9.17) is 4.74 Å². The molecule has 0 N–H and O–H groups in total. The molecule has 82 valence electrons. The molecule has 0 aromatic heterocycles. The lowest BCUT2D eigenvalue weighted by Gasteiger charge is -2.30. The van der Waals surface area contributed by atoms with Crippen molar-refractivity contribution in [3.8, 4) is 0 Å². The maximum atomic E-state index is 11.3.